The van der Waals surface area contributed by atoms with Crippen molar-refractivity contribution in [1.29, 1.82) is 0 Å². The van der Waals surface area contributed by atoms with Crippen LogP contribution in [-0.4, -0.2) is 30.8 Å². The predicted octanol–water partition coefficient (Wildman–Crippen LogP) is 3.04. The van der Waals surface area contributed by atoms with Crippen molar-refractivity contribution in [1.82, 2.24) is 5.32 Å². The van der Waals surface area contributed by atoms with Gasteiger partial charge in [-0.15, -0.1) is 6.58 Å². The zero-order chi connectivity index (χ0) is 14.1. The number of hydrogen-bond donors (Lipinski definition) is 1. The van der Waals surface area contributed by atoms with Gasteiger partial charge in [0.2, 0.25) is 0 Å². The molecule has 104 valence electrons. The molecule has 0 bridgehead atoms. The lowest BCUT2D eigenvalue weighted by molar-refractivity contribution is 0.354. The van der Waals surface area contributed by atoms with Crippen LogP contribution < -0.4 is 14.8 Å². The van der Waals surface area contributed by atoms with Crippen LogP contribution in [0.2, 0.25) is 0 Å². The van der Waals surface area contributed by atoms with Gasteiger partial charge >= 0.3 is 0 Å². The molecule has 3 nitrogen and oxygen atoms in total. The first-order valence-corrected chi connectivity index (χ1v) is 7.33. The molecular weight excluding hydrogens is 278 g/mol. The molecule has 0 saturated carbocycles. The van der Waals surface area contributed by atoms with Crippen LogP contribution in [0.3, 0.4) is 0 Å². The summed E-state index contributed by atoms with van der Waals surface area (Å²) >= 11 is 6.77. The maximum absolute atomic E-state index is 5.27. The van der Waals surface area contributed by atoms with Gasteiger partial charge in [0.1, 0.15) is 4.32 Å². The van der Waals surface area contributed by atoms with Gasteiger partial charge < -0.3 is 14.8 Å². The Kier molecular flexibility index (Phi) is 7.36. The zero-order valence-corrected chi connectivity index (χ0v) is 12.9. The van der Waals surface area contributed by atoms with E-state index in [0.29, 0.717) is 0 Å². The van der Waals surface area contributed by atoms with Crippen LogP contribution in [0.25, 0.3) is 0 Å². The van der Waals surface area contributed by atoms with Crippen LogP contribution in [0.5, 0.6) is 11.5 Å². The van der Waals surface area contributed by atoms with Gasteiger partial charge in [-0.2, -0.15) is 0 Å². The molecule has 0 unspecified atom stereocenters. The van der Waals surface area contributed by atoms with Gasteiger partial charge in [-0.1, -0.05) is 36.1 Å². The first-order chi connectivity index (χ1) is 9.21. The third kappa shape index (κ3) is 5.53. The SMILES string of the molecule is C=CCSC(=S)NCCc1ccc(OC)c(OC)c1. The van der Waals surface area contributed by atoms with Crippen LogP contribution in [0, 0.1) is 0 Å². The van der Waals surface area contributed by atoms with E-state index in [2.05, 4.69) is 11.9 Å². The number of nitrogens with one attached hydrogen (secondary N) is 1. The van der Waals surface area contributed by atoms with E-state index in [1.165, 1.54) is 5.56 Å². The lowest BCUT2D eigenvalue weighted by atomic mass is 10.1. The third-order valence-electron chi connectivity index (χ3n) is 2.46. The van der Waals surface area contributed by atoms with Crippen LogP contribution in [-0.2, 0) is 6.42 Å². The summed E-state index contributed by atoms with van der Waals surface area (Å²) in [5.41, 5.74) is 1.18. The Hall–Kier alpha value is -1.20. The van der Waals surface area contributed by atoms with Gasteiger partial charge in [0, 0.05) is 12.3 Å². The number of rotatable bonds is 7. The second-order valence-electron chi connectivity index (χ2n) is 3.75. The molecule has 0 atom stereocenters. The molecule has 1 aromatic rings. The van der Waals surface area contributed by atoms with Gasteiger partial charge in [-0.05, 0) is 24.1 Å². The van der Waals surface area contributed by atoms with E-state index in [-0.39, 0.29) is 0 Å². The van der Waals surface area contributed by atoms with E-state index in [1.54, 1.807) is 26.0 Å². The van der Waals surface area contributed by atoms with Crippen LogP contribution in [0.15, 0.2) is 30.9 Å². The summed E-state index contributed by atoms with van der Waals surface area (Å²) in [6, 6.07) is 5.93. The first kappa shape index (κ1) is 15.9. The number of ether oxygens (including phenoxy) is 2. The second kappa shape index (κ2) is 8.82. The molecule has 0 fully saturated rings. The molecule has 0 radical (unpaired) electrons. The van der Waals surface area contributed by atoms with E-state index in [1.807, 2.05) is 24.3 Å². The summed E-state index contributed by atoms with van der Waals surface area (Å²) in [4.78, 5) is 0. The molecule has 1 rings (SSSR count). The number of methoxy groups -OCH3 is 2. The highest BCUT2D eigenvalue weighted by molar-refractivity contribution is 8.23. The largest absolute Gasteiger partial charge is 0.493 e. The molecule has 0 aliphatic rings. The topological polar surface area (TPSA) is 30.5 Å². The van der Waals surface area contributed by atoms with Crippen molar-refractivity contribution in [2.24, 2.45) is 0 Å². The van der Waals surface area contributed by atoms with Crippen molar-refractivity contribution in [3.63, 3.8) is 0 Å². The minimum Gasteiger partial charge on any atom is -0.493 e. The van der Waals surface area contributed by atoms with Gasteiger partial charge in [0.15, 0.2) is 11.5 Å². The second-order valence-corrected chi connectivity index (χ2v) is 5.45. The molecule has 1 aromatic carbocycles. The van der Waals surface area contributed by atoms with Crippen molar-refractivity contribution >= 4 is 28.3 Å². The van der Waals surface area contributed by atoms with Gasteiger partial charge in [-0.25, -0.2) is 0 Å². The first-order valence-electron chi connectivity index (χ1n) is 5.93. The third-order valence-corrected chi connectivity index (χ3v) is 3.77. The monoisotopic (exact) mass is 297 g/mol. The van der Waals surface area contributed by atoms with Crippen molar-refractivity contribution < 1.29 is 9.47 Å². The van der Waals surface area contributed by atoms with E-state index in [9.17, 15) is 0 Å². The Morgan fingerprint density at radius 3 is 2.74 bits per heavy atom. The highest BCUT2D eigenvalue weighted by atomic mass is 32.2. The number of thioether (sulfide) groups is 1. The predicted molar refractivity (Wildman–Crippen MR) is 86.5 cm³/mol. The van der Waals surface area contributed by atoms with E-state index < -0.39 is 0 Å². The van der Waals surface area contributed by atoms with Crippen molar-refractivity contribution in [2.45, 2.75) is 6.42 Å². The normalized spacial score (nSPS) is 9.79. The number of hydrogen-bond acceptors (Lipinski definition) is 4. The Morgan fingerprint density at radius 2 is 2.11 bits per heavy atom. The van der Waals surface area contributed by atoms with E-state index in [0.717, 1.165) is 34.5 Å². The molecular formula is C14H19NO2S2. The van der Waals surface area contributed by atoms with Crippen molar-refractivity contribution in [2.75, 3.05) is 26.5 Å². The standard InChI is InChI=1S/C14H19NO2S2/c1-4-9-19-14(18)15-8-7-11-5-6-12(16-2)13(10-11)17-3/h4-6,10H,1,7-9H2,2-3H3,(H,15,18). The molecule has 0 spiro atoms. The summed E-state index contributed by atoms with van der Waals surface area (Å²) in [6.45, 7) is 4.47. The van der Waals surface area contributed by atoms with Gasteiger partial charge in [0.25, 0.3) is 0 Å². The molecule has 1 N–H and O–H groups in total. The van der Waals surface area contributed by atoms with E-state index >= 15 is 0 Å². The highest BCUT2D eigenvalue weighted by Gasteiger charge is 2.04. The van der Waals surface area contributed by atoms with Crippen LogP contribution >= 0.6 is 24.0 Å². The summed E-state index contributed by atoms with van der Waals surface area (Å²) in [6.07, 6.45) is 2.72. The summed E-state index contributed by atoms with van der Waals surface area (Å²) in [7, 11) is 3.27. The average Bonchev–Trinajstić information content (AvgIpc) is 2.44. The lowest BCUT2D eigenvalue weighted by Gasteiger charge is -2.10. The quantitative estimate of drug-likeness (QED) is 0.617. The summed E-state index contributed by atoms with van der Waals surface area (Å²) in [5, 5.41) is 3.21. The molecule has 0 saturated heterocycles. The zero-order valence-electron chi connectivity index (χ0n) is 11.3. The smallest absolute Gasteiger partial charge is 0.160 e. The Morgan fingerprint density at radius 1 is 1.37 bits per heavy atom. The maximum Gasteiger partial charge on any atom is 0.160 e. The van der Waals surface area contributed by atoms with E-state index in [4.69, 9.17) is 21.7 Å². The molecule has 0 aliphatic heterocycles. The molecule has 0 heterocycles. The maximum atomic E-state index is 5.27. The molecule has 0 amide bonds. The fourth-order valence-electron chi connectivity index (χ4n) is 1.53. The number of benzene rings is 1. The molecule has 19 heavy (non-hydrogen) atoms. The van der Waals surface area contributed by atoms with Gasteiger partial charge in [-0.3, -0.25) is 0 Å². The van der Waals surface area contributed by atoms with Crippen molar-refractivity contribution in [3.8, 4) is 11.5 Å². The minimum atomic E-state index is 0.747. The summed E-state index contributed by atoms with van der Waals surface area (Å²) in [5.74, 6) is 2.34. The molecule has 5 heteroatoms. The van der Waals surface area contributed by atoms with Gasteiger partial charge in [0.05, 0.1) is 14.2 Å². The minimum absolute atomic E-state index is 0.747. The molecule has 0 aromatic heterocycles. The fourth-order valence-corrected chi connectivity index (χ4v) is 2.31. The highest BCUT2D eigenvalue weighted by Crippen LogP contribution is 2.27. The fraction of sp³-hybridized carbons (Fsp3) is 0.357. The average molecular weight is 297 g/mol. The Bertz CT molecular complexity index is 435. The van der Waals surface area contributed by atoms with Crippen molar-refractivity contribution in [3.05, 3.63) is 36.4 Å². The van der Waals surface area contributed by atoms with Crippen LogP contribution in [0.4, 0.5) is 0 Å². The lowest BCUT2D eigenvalue weighted by Crippen LogP contribution is -2.21. The molecule has 0 aliphatic carbocycles. The summed E-state index contributed by atoms with van der Waals surface area (Å²) < 4.78 is 11.3. The van der Waals surface area contributed by atoms with Crippen LogP contribution in [0.1, 0.15) is 5.56 Å². The number of thiocarbonyl (C=S) groups is 1. The Labute approximate surface area is 124 Å². The Balaban J connectivity index is 2.45.